The van der Waals surface area contributed by atoms with Crippen molar-refractivity contribution in [2.45, 2.75) is 52.0 Å². The Labute approximate surface area is 89.1 Å². The molecular weight excluding hydrogens is 172 g/mol. The molecule has 1 heterocycles. The highest BCUT2D eigenvalue weighted by atomic mass is 15.2. The molecule has 0 unspecified atom stereocenters. The van der Waals surface area contributed by atoms with E-state index in [1.165, 1.54) is 58.3 Å². The van der Waals surface area contributed by atoms with Crippen LogP contribution in [0.3, 0.4) is 0 Å². The molecule has 1 aliphatic rings. The molecule has 0 aromatic carbocycles. The third-order valence-corrected chi connectivity index (χ3v) is 3.07. The molecule has 0 radical (unpaired) electrons. The Morgan fingerprint density at radius 2 is 2.07 bits per heavy atom. The smallest absolute Gasteiger partial charge is 0.0220 e. The SMILES string of the molecule is CCCNC[C@@H]1CCCCN1CCC. The highest BCUT2D eigenvalue weighted by molar-refractivity contribution is 4.78. The summed E-state index contributed by atoms with van der Waals surface area (Å²) in [5.74, 6) is 0. The van der Waals surface area contributed by atoms with Crippen molar-refractivity contribution in [2.75, 3.05) is 26.2 Å². The first-order valence-corrected chi connectivity index (χ1v) is 6.33. The Morgan fingerprint density at radius 3 is 2.79 bits per heavy atom. The predicted molar refractivity (Wildman–Crippen MR) is 62.7 cm³/mol. The fourth-order valence-corrected chi connectivity index (χ4v) is 2.32. The highest BCUT2D eigenvalue weighted by Gasteiger charge is 2.20. The Kier molecular flexibility index (Phi) is 6.20. The molecule has 1 N–H and O–H groups in total. The lowest BCUT2D eigenvalue weighted by Gasteiger charge is -2.35. The number of nitrogens with zero attached hydrogens (tertiary/aromatic N) is 1. The van der Waals surface area contributed by atoms with Crippen molar-refractivity contribution in [1.82, 2.24) is 10.2 Å². The molecule has 2 nitrogen and oxygen atoms in total. The molecule has 1 fully saturated rings. The van der Waals surface area contributed by atoms with Crippen molar-refractivity contribution in [2.24, 2.45) is 0 Å². The van der Waals surface area contributed by atoms with E-state index in [-0.39, 0.29) is 0 Å². The molecule has 14 heavy (non-hydrogen) atoms. The first-order chi connectivity index (χ1) is 6.88. The van der Waals surface area contributed by atoms with Crippen LogP contribution in [0, 0.1) is 0 Å². The van der Waals surface area contributed by atoms with Gasteiger partial charge in [-0.05, 0) is 45.3 Å². The topological polar surface area (TPSA) is 15.3 Å². The monoisotopic (exact) mass is 198 g/mol. The molecule has 0 aromatic heterocycles. The zero-order valence-electron chi connectivity index (χ0n) is 9.89. The lowest BCUT2D eigenvalue weighted by atomic mass is 10.0. The summed E-state index contributed by atoms with van der Waals surface area (Å²) < 4.78 is 0. The van der Waals surface area contributed by atoms with Crippen LogP contribution in [-0.4, -0.2) is 37.1 Å². The van der Waals surface area contributed by atoms with Crippen molar-refractivity contribution in [3.8, 4) is 0 Å². The van der Waals surface area contributed by atoms with E-state index in [4.69, 9.17) is 0 Å². The number of hydrogen-bond acceptors (Lipinski definition) is 2. The van der Waals surface area contributed by atoms with Crippen LogP contribution in [0.15, 0.2) is 0 Å². The van der Waals surface area contributed by atoms with Gasteiger partial charge in [-0.25, -0.2) is 0 Å². The number of hydrogen-bond donors (Lipinski definition) is 1. The minimum absolute atomic E-state index is 0.815. The summed E-state index contributed by atoms with van der Waals surface area (Å²) in [6.07, 6.45) is 6.78. The minimum atomic E-state index is 0.815. The van der Waals surface area contributed by atoms with Crippen LogP contribution >= 0.6 is 0 Å². The molecule has 1 saturated heterocycles. The lowest BCUT2D eigenvalue weighted by molar-refractivity contribution is 0.146. The molecule has 2 heteroatoms. The standard InChI is InChI=1S/C12H26N2/c1-3-8-13-11-12-7-5-6-10-14(12)9-4-2/h12-13H,3-11H2,1-2H3/t12-/m0/s1. The molecule has 1 aliphatic heterocycles. The Hall–Kier alpha value is -0.0800. The summed E-state index contributed by atoms with van der Waals surface area (Å²) in [5.41, 5.74) is 0. The van der Waals surface area contributed by atoms with Gasteiger partial charge in [0.1, 0.15) is 0 Å². The molecule has 0 aromatic rings. The van der Waals surface area contributed by atoms with Crippen LogP contribution < -0.4 is 5.32 Å². The van der Waals surface area contributed by atoms with Gasteiger partial charge in [0.2, 0.25) is 0 Å². The van der Waals surface area contributed by atoms with Crippen LogP contribution in [0.5, 0.6) is 0 Å². The average molecular weight is 198 g/mol. The van der Waals surface area contributed by atoms with Crippen molar-refractivity contribution >= 4 is 0 Å². The number of piperidine rings is 1. The van der Waals surface area contributed by atoms with Crippen molar-refractivity contribution in [3.05, 3.63) is 0 Å². The number of rotatable bonds is 6. The highest BCUT2D eigenvalue weighted by Crippen LogP contribution is 2.16. The predicted octanol–water partition coefficient (Wildman–Crippen LogP) is 2.25. The van der Waals surface area contributed by atoms with Gasteiger partial charge in [-0.15, -0.1) is 0 Å². The summed E-state index contributed by atoms with van der Waals surface area (Å²) in [4.78, 5) is 2.67. The van der Waals surface area contributed by atoms with E-state index >= 15 is 0 Å². The van der Waals surface area contributed by atoms with Crippen LogP contribution in [-0.2, 0) is 0 Å². The normalized spacial score (nSPS) is 24.0. The third kappa shape index (κ3) is 3.97. The van der Waals surface area contributed by atoms with E-state index in [1.54, 1.807) is 0 Å². The second-order valence-corrected chi connectivity index (χ2v) is 4.39. The van der Waals surface area contributed by atoms with E-state index in [1.807, 2.05) is 0 Å². The zero-order valence-corrected chi connectivity index (χ0v) is 9.89. The van der Waals surface area contributed by atoms with Crippen molar-refractivity contribution in [1.29, 1.82) is 0 Å². The maximum absolute atomic E-state index is 3.55. The van der Waals surface area contributed by atoms with Gasteiger partial charge >= 0.3 is 0 Å². The molecule has 0 spiro atoms. The van der Waals surface area contributed by atoms with Gasteiger partial charge in [-0.3, -0.25) is 4.90 Å². The fourth-order valence-electron chi connectivity index (χ4n) is 2.32. The largest absolute Gasteiger partial charge is 0.315 e. The summed E-state index contributed by atoms with van der Waals surface area (Å²) in [6, 6.07) is 0.815. The van der Waals surface area contributed by atoms with Crippen LogP contribution in [0.4, 0.5) is 0 Å². The van der Waals surface area contributed by atoms with Gasteiger partial charge in [0.25, 0.3) is 0 Å². The van der Waals surface area contributed by atoms with E-state index in [2.05, 4.69) is 24.1 Å². The minimum Gasteiger partial charge on any atom is -0.315 e. The Bertz CT molecular complexity index is 134. The van der Waals surface area contributed by atoms with Crippen LogP contribution in [0.2, 0.25) is 0 Å². The fraction of sp³-hybridized carbons (Fsp3) is 1.00. The molecule has 0 saturated carbocycles. The van der Waals surface area contributed by atoms with E-state index in [0.29, 0.717) is 0 Å². The molecule has 0 bridgehead atoms. The maximum atomic E-state index is 3.55. The lowest BCUT2D eigenvalue weighted by Crippen LogP contribution is -2.45. The van der Waals surface area contributed by atoms with Crippen LogP contribution in [0.25, 0.3) is 0 Å². The molecular formula is C12H26N2. The molecule has 0 aliphatic carbocycles. The van der Waals surface area contributed by atoms with E-state index in [9.17, 15) is 0 Å². The molecule has 0 amide bonds. The quantitative estimate of drug-likeness (QED) is 0.659. The molecule has 84 valence electrons. The van der Waals surface area contributed by atoms with Gasteiger partial charge < -0.3 is 5.32 Å². The van der Waals surface area contributed by atoms with Crippen LogP contribution in [0.1, 0.15) is 46.0 Å². The van der Waals surface area contributed by atoms with E-state index in [0.717, 1.165) is 6.04 Å². The first-order valence-electron chi connectivity index (χ1n) is 6.33. The number of likely N-dealkylation sites (tertiary alicyclic amines) is 1. The number of nitrogens with one attached hydrogen (secondary N) is 1. The third-order valence-electron chi connectivity index (χ3n) is 3.07. The van der Waals surface area contributed by atoms with Gasteiger partial charge in [0, 0.05) is 12.6 Å². The summed E-state index contributed by atoms with van der Waals surface area (Å²) in [7, 11) is 0. The second-order valence-electron chi connectivity index (χ2n) is 4.39. The first kappa shape index (κ1) is 12.0. The molecule has 1 atom stereocenters. The molecule has 1 rings (SSSR count). The summed E-state index contributed by atoms with van der Waals surface area (Å²) in [6.45, 7) is 9.51. The summed E-state index contributed by atoms with van der Waals surface area (Å²) >= 11 is 0. The second kappa shape index (κ2) is 7.24. The zero-order chi connectivity index (χ0) is 10.2. The van der Waals surface area contributed by atoms with E-state index < -0.39 is 0 Å². The van der Waals surface area contributed by atoms with Gasteiger partial charge in [-0.1, -0.05) is 20.3 Å². The van der Waals surface area contributed by atoms with Crippen molar-refractivity contribution < 1.29 is 0 Å². The van der Waals surface area contributed by atoms with Crippen molar-refractivity contribution in [3.63, 3.8) is 0 Å². The average Bonchev–Trinajstić information content (AvgIpc) is 2.21. The van der Waals surface area contributed by atoms with Gasteiger partial charge in [0.05, 0.1) is 0 Å². The Balaban J connectivity index is 2.22. The summed E-state index contributed by atoms with van der Waals surface area (Å²) in [5, 5.41) is 3.55. The Morgan fingerprint density at radius 1 is 1.21 bits per heavy atom. The van der Waals surface area contributed by atoms with Gasteiger partial charge in [-0.2, -0.15) is 0 Å². The maximum Gasteiger partial charge on any atom is 0.0220 e. The van der Waals surface area contributed by atoms with Gasteiger partial charge in [0.15, 0.2) is 0 Å².